The molecule has 29 heavy (non-hydrogen) atoms. The van der Waals surface area contributed by atoms with Gasteiger partial charge in [-0.3, -0.25) is 14.6 Å². The number of nitrogens with zero attached hydrogens (tertiary/aromatic N) is 3. The third-order valence-corrected chi connectivity index (χ3v) is 5.32. The minimum absolute atomic E-state index is 0.241. The first kappa shape index (κ1) is 21.8. The van der Waals surface area contributed by atoms with E-state index in [9.17, 15) is 9.90 Å². The van der Waals surface area contributed by atoms with E-state index in [0.717, 1.165) is 52.0 Å². The first-order chi connectivity index (χ1) is 14.0. The topological polar surface area (TPSA) is 81.8 Å². The molecule has 0 radical (unpaired) electrons. The van der Waals surface area contributed by atoms with Gasteiger partial charge in [0, 0.05) is 43.4 Å². The number of nitrogens with one attached hydrogen (secondary N) is 1. The molecule has 7 nitrogen and oxygen atoms in total. The Morgan fingerprint density at radius 3 is 2.62 bits per heavy atom. The van der Waals surface area contributed by atoms with Crippen molar-refractivity contribution in [1.29, 1.82) is 0 Å². The predicted octanol–water partition coefficient (Wildman–Crippen LogP) is 3.25. The Labute approximate surface area is 176 Å². The molecule has 1 aromatic heterocycles. The van der Waals surface area contributed by atoms with E-state index in [1.54, 1.807) is 24.3 Å². The smallest absolute Gasteiger partial charge is 0.277 e. The second-order valence-corrected chi connectivity index (χ2v) is 7.90. The van der Waals surface area contributed by atoms with E-state index in [1.165, 1.54) is 6.26 Å². The zero-order valence-corrected chi connectivity index (χ0v) is 17.6. The fraction of sp³-hybridized carbons (Fsp3) is 0.524. The second kappa shape index (κ2) is 10.7. The Bertz CT molecular complexity index is 772. The van der Waals surface area contributed by atoms with Crippen LogP contribution in [0.15, 0.2) is 34.9 Å². The number of oxazole rings is 1. The third kappa shape index (κ3) is 6.82. The highest BCUT2D eigenvalue weighted by molar-refractivity contribution is 6.30. The van der Waals surface area contributed by atoms with Crippen molar-refractivity contribution in [2.24, 2.45) is 0 Å². The number of carbonyl (C=O) groups is 1. The van der Waals surface area contributed by atoms with Crippen LogP contribution in [0.4, 0.5) is 5.69 Å². The Morgan fingerprint density at radius 2 is 1.93 bits per heavy atom. The second-order valence-electron chi connectivity index (χ2n) is 7.46. The van der Waals surface area contributed by atoms with Gasteiger partial charge in [-0.1, -0.05) is 31.4 Å². The van der Waals surface area contributed by atoms with Gasteiger partial charge in [0.2, 0.25) is 5.89 Å². The number of benzene rings is 1. The molecule has 2 aromatic rings. The summed E-state index contributed by atoms with van der Waals surface area (Å²) in [6.45, 7) is 7.04. The maximum atomic E-state index is 12.3. The van der Waals surface area contributed by atoms with Crippen LogP contribution in [0.2, 0.25) is 5.02 Å². The number of anilines is 1. The fourth-order valence-electron chi connectivity index (χ4n) is 3.37. The molecule has 0 bridgehead atoms. The number of β-amino-alcohol motifs (C(OH)–C–C–N with tert-alkyl or cyclic N) is 1. The van der Waals surface area contributed by atoms with Crippen LogP contribution in [0, 0.1) is 0 Å². The van der Waals surface area contributed by atoms with Gasteiger partial charge < -0.3 is 14.8 Å². The standard InChI is InChI=1S/C21H29ClN4O3/c1-2-3-4-18(27)13-25-9-11-26(12-10-25)14-20-24-19(15-29-20)21(28)23-17-7-5-16(22)6-8-17/h5-8,15,18,27H,2-4,9-14H2,1H3,(H,23,28). The summed E-state index contributed by atoms with van der Waals surface area (Å²) in [4.78, 5) is 21.2. The summed E-state index contributed by atoms with van der Waals surface area (Å²) in [6.07, 6.45) is 4.20. The first-order valence-corrected chi connectivity index (χ1v) is 10.6. The maximum Gasteiger partial charge on any atom is 0.277 e. The van der Waals surface area contributed by atoms with Crippen LogP contribution >= 0.6 is 11.6 Å². The van der Waals surface area contributed by atoms with Gasteiger partial charge >= 0.3 is 0 Å². The molecule has 1 aliphatic heterocycles. The van der Waals surface area contributed by atoms with Crippen LogP contribution in [-0.4, -0.2) is 64.6 Å². The molecule has 158 valence electrons. The average molecular weight is 421 g/mol. The lowest BCUT2D eigenvalue weighted by Crippen LogP contribution is -2.48. The zero-order chi connectivity index (χ0) is 20.6. The molecule has 1 atom stereocenters. The van der Waals surface area contributed by atoms with E-state index in [2.05, 4.69) is 27.0 Å². The van der Waals surface area contributed by atoms with Gasteiger partial charge in [-0.15, -0.1) is 0 Å². The van der Waals surface area contributed by atoms with Gasteiger partial charge in [0.05, 0.1) is 12.6 Å². The lowest BCUT2D eigenvalue weighted by molar-refractivity contribution is 0.0627. The van der Waals surface area contributed by atoms with Crippen molar-refractivity contribution in [2.45, 2.75) is 38.8 Å². The molecule has 3 rings (SSSR count). The highest BCUT2D eigenvalue weighted by Crippen LogP contribution is 2.15. The largest absolute Gasteiger partial charge is 0.447 e. The lowest BCUT2D eigenvalue weighted by atomic mass is 10.1. The molecule has 1 aliphatic rings. The first-order valence-electron chi connectivity index (χ1n) is 10.2. The van der Waals surface area contributed by atoms with Gasteiger partial charge in [0.1, 0.15) is 6.26 Å². The number of hydrogen-bond acceptors (Lipinski definition) is 6. The van der Waals surface area contributed by atoms with E-state index in [1.807, 2.05) is 0 Å². The number of rotatable bonds is 9. The van der Waals surface area contributed by atoms with Crippen molar-refractivity contribution in [1.82, 2.24) is 14.8 Å². The van der Waals surface area contributed by atoms with E-state index in [4.69, 9.17) is 16.0 Å². The van der Waals surface area contributed by atoms with Crippen LogP contribution in [0.5, 0.6) is 0 Å². The average Bonchev–Trinajstić information content (AvgIpc) is 3.18. The number of carbonyl (C=O) groups excluding carboxylic acids is 1. The molecule has 0 spiro atoms. The van der Waals surface area contributed by atoms with Crippen molar-refractivity contribution < 1.29 is 14.3 Å². The number of amides is 1. The van der Waals surface area contributed by atoms with Crippen molar-refractivity contribution >= 4 is 23.2 Å². The molecule has 0 aliphatic carbocycles. The van der Waals surface area contributed by atoms with Gasteiger partial charge in [-0.05, 0) is 30.7 Å². The number of aliphatic hydroxyl groups is 1. The van der Waals surface area contributed by atoms with Gasteiger partial charge in [0.25, 0.3) is 5.91 Å². The summed E-state index contributed by atoms with van der Waals surface area (Å²) < 4.78 is 5.49. The molecule has 1 aromatic carbocycles. The molecule has 1 fully saturated rings. The summed E-state index contributed by atoms with van der Waals surface area (Å²) >= 11 is 5.85. The van der Waals surface area contributed by atoms with E-state index in [-0.39, 0.29) is 17.7 Å². The summed E-state index contributed by atoms with van der Waals surface area (Å²) in [5, 5.41) is 13.5. The van der Waals surface area contributed by atoms with Gasteiger partial charge in [-0.2, -0.15) is 0 Å². The predicted molar refractivity (Wildman–Crippen MR) is 113 cm³/mol. The summed E-state index contributed by atoms with van der Waals surface area (Å²) in [7, 11) is 0. The highest BCUT2D eigenvalue weighted by atomic mass is 35.5. The molecule has 1 saturated heterocycles. The molecule has 0 saturated carbocycles. The van der Waals surface area contributed by atoms with Crippen molar-refractivity contribution in [3.8, 4) is 0 Å². The number of halogens is 1. The quantitative estimate of drug-likeness (QED) is 0.648. The number of piperazine rings is 1. The fourth-order valence-corrected chi connectivity index (χ4v) is 3.49. The molecular weight excluding hydrogens is 392 g/mol. The maximum absolute atomic E-state index is 12.3. The minimum atomic E-state index is -0.312. The van der Waals surface area contributed by atoms with Crippen molar-refractivity contribution in [3.63, 3.8) is 0 Å². The van der Waals surface area contributed by atoms with Crippen LogP contribution in [0.25, 0.3) is 0 Å². The number of hydrogen-bond donors (Lipinski definition) is 2. The number of aliphatic hydroxyl groups excluding tert-OH is 1. The van der Waals surface area contributed by atoms with Gasteiger partial charge in [0.15, 0.2) is 5.69 Å². The molecule has 8 heteroatoms. The summed E-state index contributed by atoms with van der Waals surface area (Å²) in [5.74, 6) is 0.218. The Kier molecular flexibility index (Phi) is 8.06. The van der Waals surface area contributed by atoms with E-state index >= 15 is 0 Å². The Hall–Kier alpha value is -1.93. The number of aromatic nitrogens is 1. The molecular formula is C21H29ClN4O3. The SMILES string of the molecule is CCCCC(O)CN1CCN(Cc2nc(C(=O)Nc3ccc(Cl)cc3)co2)CC1. The molecule has 2 N–H and O–H groups in total. The van der Waals surface area contributed by atoms with Crippen molar-refractivity contribution in [2.75, 3.05) is 38.0 Å². The van der Waals surface area contributed by atoms with E-state index < -0.39 is 0 Å². The molecule has 1 amide bonds. The molecule has 1 unspecified atom stereocenters. The Balaban J connectivity index is 1.43. The van der Waals surface area contributed by atoms with Crippen LogP contribution in [-0.2, 0) is 6.54 Å². The zero-order valence-electron chi connectivity index (χ0n) is 16.8. The van der Waals surface area contributed by atoms with Gasteiger partial charge in [-0.25, -0.2) is 4.98 Å². The molecule has 2 heterocycles. The minimum Gasteiger partial charge on any atom is -0.447 e. The summed E-state index contributed by atoms with van der Waals surface area (Å²) in [6, 6.07) is 6.90. The van der Waals surface area contributed by atoms with Crippen molar-refractivity contribution in [3.05, 3.63) is 47.1 Å². The number of unbranched alkanes of at least 4 members (excludes halogenated alkanes) is 1. The highest BCUT2D eigenvalue weighted by Gasteiger charge is 2.21. The third-order valence-electron chi connectivity index (χ3n) is 5.07. The van der Waals surface area contributed by atoms with E-state index in [0.29, 0.717) is 23.1 Å². The van der Waals surface area contributed by atoms with Crippen LogP contribution < -0.4 is 5.32 Å². The normalized spacial score (nSPS) is 16.7. The van der Waals surface area contributed by atoms with Crippen LogP contribution in [0.3, 0.4) is 0 Å². The lowest BCUT2D eigenvalue weighted by Gasteiger charge is -2.35. The Morgan fingerprint density at radius 1 is 1.24 bits per heavy atom. The van der Waals surface area contributed by atoms with Crippen LogP contribution in [0.1, 0.15) is 42.6 Å². The monoisotopic (exact) mass is 420 g/mol. The summed E-state index contributed by atoms with van der Waals surface area (Å²) in [5.41, 5.74) is 0.911.